The largest absolute Gasteiger partial charge is 0.374 e. The van der Waals surface area contributed by atoms with Crippen molar-refractivity contribution in [1.29, 1.82) is 0 Å². The van der Waals surface area contributed by atoms with Gasteiger partial charge in [0.15, 0.2) is 0 Å². The van der Waals surface area contributed by atoms with Gasteiger partial charge in [0, 0.05) is 5.69 Å². The van der Waals surface area contributed by atoms with Crippen LogP contribution < -0.4 is 11.1 Å². The molecule has 1 atom stereocenters. The third-order valence-corrected chi connectivity index (χ3v) is 3.44. The van der Waals surface area contributed by atoms with Gasteiger partial charge in [-0.3, -0.25) is 4.79 Å². The first-order chi connectivity index (χ1) is 11.0. The van der Waals surface area contributed by atoms with Crippen LogP contribution in [-0.4, -0.2) is 18.1 Å². The fraction of sp³-hybridized carbons (Fsp3) is 0.316. The first-order valence-corrected chi connectivity index (χ1v) is 7.85. The Balaban J connectivity index is 1.87. The van der Waals surface area contributed by atoms with Gasteiger partial charge in [0.05, 0.1) is 18.8 Å². The van der Waals surface area contributed by atoms with Gasteiger partial charge in [0.1, 0.15) is 0 Å². The number of carbonyl (C=O) groups is 1. The van der Waals surface area contributed by atoms with Crippen LogP contribution in [0.3, 0.4) is 0 Å². The fourth-order valence-electron chi connectivity index (χ4n) is 2.14. The number of hydrogen-bond acceptors (Lipinski definition) is 3. The van der Waals surface area contributed by atoms with Crippen LogP contribution >= 0.6 is 0 Å². The van der Waals surface area contributed by atoms with Gasteiger partial charge >= 0.3 is 0 Å². The minimum Gasteiger partial charge on any atom is -0.374 e. The van der Waals surface area contributed by atoms with Crippen molar-refractivity contribution in [2.75, 3.05) is 5.32 Å². The van der Waals surface area contributed by atoms with E-state index in [1.165, 1.54) is 0 Å². The summed E-state index contributed by atoms with van der Waals surface area (Å²) in [6.07, 6.45) is 0.720. The van der Waals surface area contributed by atoms with Crippen molar-refractivity contribution in [3.63, 3.8) is 0 Å². The molecule has 23 heavy (non-hydrogen) atoms. The van der Waals surface area contributed by atoms with Gasteiger partial charge in [-0.2, -0.15) is 0 Å². The van der Waals surface area contributed by atoms with Gasteiger partial charge in [0.2, 0.25) is 5.91 Å². The zero-order valence-corrected chi connectivity index (χ0v) is 13.7. The molecule has 3 N–H and O–H groups in total. The molecule has 0 radical (unpaired) electrons. The molecule has 4 heteroatoms. The van der Waals surface area contributed by atoms with E-state index in [2.05, 4.69) is 5.32 Å². The molecule has 0 spiro atoms. The summed E-state index contributed by atoms with van der Waals surface area (Å²) in [5.74, 6) is -0.181. The fourth-order valence-corrected chi connectivity index (χ4v) is 2.14. The maximum absolute atomic E-state index is 12.2. The van der Waals surface area contributed by atoms with Gasteiger partial charge in [-0.1, -0.05) is 42.5 Å². The number of amides is 1. The second kappa shape index (κ2) is 8.46. The van der Waals surface area contributed by atoms with Crippen LogP contribution in [-0.2, 0) is 22.6 Å². The molecule has 0 saturated carbocycles. The Bertz CT molecular complexity index is 609. The van der Waals surface area contributed by atoms with Crippen LogP contribution in [0.4, 0.5) is 5.69 Å². The van der Waals surface area contributed by atoms with Crippen molar-refractivity contribution in [1.82, 2.24) is 0 Å². The van der Waals surface area contributed by atoms with Gasteiger partial charge in [0.25, 0.3) is 0 Å². The van der Waals surface area contributed by atoms with E-state index in [0.29, 0.717) is 13.0 Å². The highest BCUT2D eigenvalue weighted by molar-refractivity contribution is 5.94. The molecule has 4 nitrogen and oxygen atoms in total. The molecule has 0 aliphatic rings. The number of hydrogen-bond donors (Lipinski definition) is 2. The monoisotopic (exact) mass is 312 g/mol. The molecule has 0 unspecified atom stereocenters. The van der Waals surface area contributed by atoms with E-state index in [1.54, 1.807) is 0 Å². The zero-order valence-electron chi connectivity index (χ0n) is 13.7. The third-order valence-electron chi connectivity index (χ3n) is 3.44. The summed E-state index contributed by atoms with van der Waals surface area (Å²) in [5.41, 5.74) is 8.84. The van der Waals surface area contributed by atoms with Crippen LogP contribution in [0.5, 0.6) is 0 Å². The van der Waals surface area contributed by atoms with Crippen molar-refractivity contribution >= 4 is 11.6 Å². The molecule has 0 aromatic heterocycles. The molecule has 1 amide bonds. The number of ether oxygens (including phenoxy) is 1. The molecule has 0 saturated heterocycles. The highest BCUT2D eigenvalue weighted by Crippen LogP contribution is 2.12. The Labute approximate surface area is 137 Å². The summed E-state index contributed by atoms with van der Waals surface area (Å²) < 4.78 is 5.55. The lowest BCUT2D eigenvalue weighted by Gasteiger charge is -2.13. The Kier molecular flexibility index (Phi) is 6.32. The lowest BCUT2D eigenvalue weighted by molar-refractivity contribution is -0.117. The smallest absolute Gasteiger partial charge is 0.241 e. The molecule has 0 heterocycles. The summed E-state index contributed by atoms with van der Waals surface area (Å²) in [5, 5.41) is 2.85. The van der Waals surface area contributed by atoms with Gasteiger partial charge in [-0.15, -0.1) is 0 Å². The van der Waals surface area contributed by atoms with Crippen LogP contribution in [0.1, 0.15) is 25.0 Å². The number of rotatable bonds is 7. The third kappa shape index (κ3) is 5.85. The Morgan fingerprint density at radius 2 is 1.70 bits per heavy atom. The molecule has 0 aliphatic heterocycles. The summed E-state index contributed by atoms with van der Waals surface area (Å²) in [4.78, 5) is 12.2. The minimum atomic E-state index is -0.568. The van der Waals surface area contributed by atoms with E-state index in [0.717, 1.165) is 16.8 Å². The predicted octanol–water partition coefficient (Wildman–Crippen LogP) is 3.12. The van der Waals surface area contributed by atoms with Crippen LogP contribution in [0.15, 0.2) is 54.6 Å². The summed E-state index contributed by atoms with van der Waals surface area (Å²) in [7, 11) is 0. The SMILES string of the molecule is CC(C)OCc1ccc(NC(=O)[C@@H](N)Cc2ccccc2)cc1. The van der Waals surface area contributed by atoms with Crippen LogP contribution in [0.25, 0.3) is 0 Å². The predicted molar refractivity (Wildman–Crippen MR) is 93.1 cm³/mol. The van der Waals surface area contributed by atoms with E-state index in [1.807, 2.05) is 68.4 Å². The topological polar surface area (TPSA) is 64.3 Å². The highest BCUT2D eigenvalue weighted by Gasteiger charge is 2.14. The van der Waals surface area contributed by atoms with E-state index in [4.69, 9.17) is 10.5 Å². The Hall–Kier alpha value is -2.17. The van der Waals surface area contributed by atoms with E-state index < -0.39 is 6.04 Å². The van der Waals surface area contributed by atoms with Crippen molar-refractivity contribution in [3.05, 3.63) is 65.7 Å². The van der Waals surface area contributed by atoms with Crippen LogP contribution in [0, 0.1) is 0 Å². The summed E-state index contributed by atoms with van der Waals surface area (Å²) >= 11 is 0. The molecule has 122 valence electrons. The number of benzene rings is 2. The molecule has 2 aromatic rings. The number of carbonyl (C=O) groups excluding carboxylic acids is 1. The first kappa shape index (κ1) is 17.2. The lowest BCUT2D eigenvalue weighted by atomic mass is 10.1. The normalized spacial score (nSPS) is 12.2. The van der Waals surface area contributed by atoms with Crippen molar-refractivity contribution in [2.24, 2.45) is 5.73 Å². The molecule has 0 fully saturated rings. The molecule has 2 rings (SSSR count). The Morgan fingerprint density at radius 3 is 2.30 bits per heavy atom. The Morgan fingerprint density at radius 1 is 1.04 bits per heavy atom. The van der Waals surface area contributed by atoms with Crippen molar-refractivity contribution in [2.45, 2.75) is 39.0 Å². The van der Waals surface area contributed by atoms with Gasteiger partial charge in [-0.05, 0) is 43.5 Å². The molecule has 2 aromatic carbocycles. The maximum Gasteiger partial charge on any atom is 0.241 e. The standard InChI is InChI=1S/C19H24N2O2/c1-14(2)23-13-16-8-10-17(11-9-16)21-19(22)18(20)12-15-6-4-3-5-7-15/h3-11,14,18H,12-13,20H2,1-2H3,(H,21,22)/t18-/m0/s1. The summed E-state index contributed by atoms with van der Waals surface area (Å²) in [6.45, 7) is 4.57. The van der Waals surface area contributed by atoms with Gasteiger partial charge in [-0.25, -0.2) is 0 Å². The lowest BCUT2D eigenvalue weighted by Crippen LogP contribution is -2.37. The zero-order chi connectivity index (χ0) is 16.7. The number of anilines is 1. The highest BCUT2D eigenvalue weighted by atomic mass is 16.5. The van der Waals surface area contributed by atoms with Gasteiger partial charge < -0.3 is 15.8 Å². The molecular weight excluding hydrogens is 288 g/mol. The molecular formula is C19H24N2O2. The van der Waals surface area contributed by atoms with Crippen LogP contribution in [0.2, 0.25) is 0 Å². The average Bonchev–Trinajstić information content (AvgIpc) is 2.55. The average molecular weight is 312 g/mol. The summed E-state index contributed by atoms with van der Waals surface area (Å²) in [6, 6.07) is 16.8. The second-order valence-corrected chi connectivity index (χ2v) is 5.84. The van der Waals surface area contributed by atoms with Crippen molar-refractivity contribution < 1.29 is 9.53 Å². The van der Waals surface area contributed by atoms with E-state index >= 15 is 0 Å². The second-order valence-electron chi connectivity index (χ2n) is 5.84. The number of nitrogens with one attached hydrogen (secondary N) is 1. The van der Waals surface area contributed by atoms with E-state index in [-0.39, 0.29) is 12.0 Å². The quantitative estimate of drug-likeness (QED) is 0.825. The molecule has 0 bridgehead atoms. The maximum atomic E-state index is 12.2. The first-order valence-electron chi connectivity index (χ1n) is 7.85. The minimum absolute atomic E-state index is 0.181. The van der Waals surface area contributed by atoms with E-state index in [9.17, 15) is 4.79 Å². The molecule has 0 aliphatic carbocycles. The van der Waals surface area contributed by atoms with Crippen molar-refractivity contribution in [3.8, 4) is 0 Å². The number of nitrogens with two attached hydrogens (primary N) is 1.